The minimum atomic E-state index is 1.24. The Morgan fingerprint density at radius 1 is 0.405 bits per heavy atom. The summed E-state index contributed by atoms with van der Waals surface area (Å²) in [5.74, 6) is 0. The number of rotatable bonds is 6. The van der Waals surface area contributed by atoms with Crippen LogP contribution in [-0.4, -0.2) is 0 Å². The largest absolute Gasteiger partial charge is 0.0803 e. The van der Waals surface area contributed by atoms with Crippen molar-refractivity contribution < 1.29 is 0 Å². The average molecular weight is 567 g/mol. The smallest absolute Gasteiger partial charge is 0.0655 e. The first-order valence-electron chi connectivity index (χ1n) is 11.8. The number of hydrogen-bond acceptors (Lipinski definition) is 5. The molecule has 0 N–H and O–H groups in total. The third-order valence-corrected chi connectivity index (χ3v) is 12.2. The molecule has 2 heterocycles. The van der Waals surface area contributed by atoms with Crippen LogP contribution in [0, 0.1) is 0 Å². The molecular formula is C32H22S5. The van der Waals surface area contributed by atoms with Crippen LogP contribution < -0.4 is 0 Å². The fourth-order valence-corrected chi connectivity index (χ4v) is 11.3. The highest BCUT2D eigenvalue weighted by Gasteiger charge is 2.29. The molecule has 0 atom stereocenters. The number of benzene rings is 4. The molecule has 0 unspecified atom stereocenters. The fourth-order valence-electron chi connectivity index (χ4n) is 3.84. The fraction of sp³-hybridized carbons (Fsp3) is 0. The Kier molecular flexibility index (Phi) is 8.06. The zero-order valence-electron chi connectivity index (χ0n) is 19.7. The minimum absolute atomic E-state index is 1.24. The van der Waals surface area contributed by atoms with E-state index in [1.807, 2.05) is 58.8 Å². The third kappa shape index (κ3) is 6.19. The van der Waals surface area contributed by atoms with Crippen LogP contribution in [0.3, 0.4) is 0 Å². The van der Waals surface area contributed by atoms with Crippen molar-refractivity contribution in [2.24, 2.45) is 0 Å². The lowest BCUT2D eigenvalue weighted by atomic mass is 10.2. The van der Waals surface area contributed by atoms with Gasteiger partial charge in [0.2, 0.25) is 0 Å². The molecule has 2 aliphatic heterocycles. The zero-order chi connectivity index (χ0) is 24.9. The Hall–Kier alpha value is -2.41. The molecule has 0 bridgehead atoms. The van der Waals surface area contributed by atoms with Gasteiger partial charge in [0.25, 0.3) is 0 Å². The summed E-state index contributed by atoms with van der Waals surface area (Å²) < 4.78 is 5.31. The summed E-state index contributed by atoms with van der Waals surface area (Å²) in [7, 11) is 0. The average Bonchev–Trinajstić information content (AvgIpc) is 3.54. The van der Waals surface area contributed by atoms with Crippen molar-refractivity contribution in [1.82, 2.24) is 0 Å². The van der Waals surface area contributed by atoms with Crippen LogP contribution in [0.25, 0.3) is 22.0 Å². The van der Waals surface area contributed by atoms with Gasteiger partial charge >= 0.3 is 0 Å². The number of hydrogen-bond donors (Lipinski definition) is 0. The van der Waals surface area contributed by atoms with Gasteiger partial charge in [0.15, 0.2) is 0 Å². The number of thioether (sulfide) groups is 5. The molecular weight excluding hydrogens is 545 g/mol. The van der Waals surface area contributed by atoms with E-state index in [4.69, 9.17) is 0 Å². The minimum Gasteiger partial charge on any atom is -0.0803 e. The summed E-state index contributed by atoms with van der Waals surface area (Å²) in [5.41, 5.74) is 5.02. The molecule has 0 aromatic heterocycles. The summed E-state index contributed by atoms with van der Waals surface area (Å²) in [6.45, 7) is 0. The predicted octanol–water partition coefficient (Wildman–Crippen LogP) is 11.3. The first-order chi connectivity index (χ1) is 18.3. The monoisotopic (exact) mass is 566 g/mol. The van der Waals surface area contributed by atoms with Crippen LogP contribution in [0.4, 0.5) is 0 Å². The van der Waals surface area contributed by atoms with Gasteiger partial charge in [-0.1, -0.05) is 180 Å². The molecule has 0 amide bonds. The molecule has 0 radical (unpaired) electrons. The highest BCUT2D eigenvalue weighted by atomic mass is 32.3. The van der Waals surface area contributed by atoms with Crippen molar-refractivity contribution in [3.63, 3.8) is 0 Å². The van der Waals surface area contributed by atoms with Gasteiger partial charge in [0.1, 0.15) is 0 Å². The molecule has 6 rings (SSSR count). The molecule has 0 spiro atoms. The standard InChI is InChI=1S/C32H22S5/c1-5-13-23(14-6-1)21-27-33-29(25-17-9-3-10-18-25)31(35-27)37-32-30(26-19-11-4-12-20-26)34-28(36-32)22-24-15-7-2-8-16-24/h1-22H/b27-21-,28-22-. The van der Waals surface area contributed by atoms with Gasteiger partial charge < -0.3 is 0 Å². The van der Waals surface area contributed by atoms with Gasteiger partial charge in [0.05, 0.1) is 16.9 Å². The Morgan fingerprint density at radius 3 is 1.14 bits per heavy atom. The summed E-state index contributed by atoms with van der Waals surface area (Å²) in [6.07, 6.45) is 4.60. The molecule has 0 saturated heterocycles. The van der Waals surface area contributed by atoms with Gasteiger partial charge in [-0.05, 0) is 34.4 Å². The van der Waals surface area contributed by atoms with Crippen molar-refractivity contribution in [3.05, 3.63) is 161 Å². The van der Waals surface area contributed by atoms with E-state index < -0.39 is 0 Å². The molecule has 37 heavy (non-hydrogen) atoms. The lowest BCUT2D eigenvalue weighted by Crippen LogP contribution is -1.80. The Morgan fingerprint density at radius 2 is 0.757 bits per heavy atom. The molecule has 0 aliphatic carbocycles. The van der Waals surface area contributed by atoms with Crippen molar-refractivity contribution in [2.75, 3.05) is 0 Å². The van der Waals surface area contributed by atoms with E-state index in [0.29, 0.717) is 0 Å². The Labute approximate surface area is 239 Å². The maximum atomic E-state index is 2.30. The van der Waals surface area contributed by atoms with Gasteiger partial charge in [0, 0.05) is 9.81 Å². The summed E-state index contributed by atoms with van der Waals surface area (Å²) in [5, 5.41) is 0. The van der Waals surface area contributed by atoms with Crippen LogP contribution in [0.2, 0.25) is 0 Å². The van der Waals surface area contributed by atoms with Gasteiger partial charge in [-0.15, -0.1) is 0 Å². The quantitative estimate of drug-likeness (QED) is 0.227. The lowest BCUT2D eigenvalue weighted by molar-refractivity contribution is 1.65. The SMILES string of the molecule is C(=C1/SC(SC2=C(c3ccccc3)S/C(=C/c3ccccc3)S2)=C(c2ccccc2)S1)/c1ccccc1. The Balaban J connectivity index is 1.36. The second kappa shape index (κ2) is 12.0. The normalized spacial score (nSPS) is 17.8. The van der Waals surface area contributed by atoms with Gasteiger partial charge in [-0.2, -0.15) is 0 Å². The van der Waals surface area contributed by atoms with Crippen LogP contribution >= 0.6 is 58.8 Å². The first-order valence-corrected chi connectivity index (χ1v) is 15.9. The van der Waals surface area contributed by atoms with Crippen molar-refractivity contribution in [3.8, 4) is 0 Å². The highest BCUT2D eigenvalue weighted by molar-refractivity contribution is 8.44. The van der Waals surface area contributed by atoms with Crippen LogP contribution in [0.5, 0.6) is 0 Å². The van der Waals surface area contributed by atoms with Gasteiger partial charge in [-0.3, -0.25) is 0 Å². The van der Waals surface area contributed by atoms with E-state index >= 15 is 0 Å². The zero-order valence-corrected chi connectivity index (χ0v) is 23.8. The maximum absolute atomic E-state index is 2.30. The summed E-state index contributed by atoms with van der Waals surface area (Å²) in [4.78, 5) is 2.67. The van der Waals surface area contributed by atoms with Crippen LogP contribution in [0.1, 0.15) is 22.3 Å². The van der Waals surface area contributed by atoms with Crippen LogP contribution in [0.15, 0.2) is 138 Å². The van der Waals surface area contributed by atoms with E-state index in [1.54, 1.807) is 0 Å². The lowest BCUT2D eigenvalue weighted by Gasteiger charge is -2.08. The van der Waals surface area contributed by atoms with E-state index in [9.17, 15) is 0 Å². The van der Waals surface area contributed by atoms with E-state index in [1.165, 1.54) is 49.0 Å². The molecule has 4 aromatic rings. The molecule has 0 saturated carbocycles. The van der Waals surface area contributed by atoms with Crippen molar-refractivity contribution in [2.45, 2.75) is 0 Å². The Bertz CT molecular complexity index is 1390. The topological polar surface area (TPSA) is 0 Å². The van der Waals surface area contributed by atoms with Crippen molar-refractivity contribution >= 4 is 80.8 Å². The summed E-state index contributed by atoms with van der Waals surface area (Å²) >= 11 is 9.45. The summed E-state index contributed by atoms with van der Waals surface area (Å²) in [6, 6.07) is 42.8. The molecule has 180 valence electrons. The second-order valence-electron chi connectivity index (χ2n) is 8.22. The second-order valence-corrected chi connectivity index (χ2v) is 14.5. The highest BCUT2D eigenvalue weighted by Crippen LogP contribution is 2.65. The molecule has 4 aromatic carbocycles. The first kappa shape index (κ1) is 24.9. The van der Waals surface area contributed by atoms with Gasteiger partial charge in [-0.25, -0.2) is 0 Å². The predicted molar refractivity (Wildman–Crippen MR) is 174 cm³/mol. The van der Waals surface area contributed by atoms with E-state index in [2.05, 4.69) is 133 Å². The van der Waals surface area contributed by atoms with Crippen LogP contribution in [-0.2, 0) is 0 Å². The maximum Gasteiger partial charge on any atom is 0.0655 e. The third-order valence-electron chi connectivity index (χ3n) is 5.59. The van der Waals surface area contributed by atoms with E-state index in [0.717, 1.165) is 0 Å². The molecule has 0 fully saturated rings. The van der Waals surface area contributed by atoms with Crippen molar-refractivity contribution in [1.29, 1.82) is 0 Å². The molecule has 5 heteroatoms. The molecule has 2 aliphatic rings. The molecule has 0 nitrogen and oxygen atoms in total. The van der Waals surface area contributed by atoms with E-state index in [-0.39, 0.29) is 0 Å².